The van der Waals surface area contributed by atoms with Crippen LogP contribution in [0.3, 0.4) is 0 Å². The van der Waals surface area contributed by atoms with Gasteiger partial charge in [0.2, 0.25) is 0 Å². The van der Waals surface area contributed by atoms with E-state index in [-0.39, 0.29) is 16.8 Å². The molecule has 1 atom stereocenters. The number of aliphatic hydroxyl groups is 1. The van der Waals surface area contributed by atoms with Gasteiger partial charge < -0.3 is 10.4 Å². The Morgan fingerprint density at radius 1 is 0.931 bits per heavy atom. The number of nitrogens with one attached hydrogen (secondary N) is 1. The van der Waals surface area contributed by atoms with Crippen LogP contribution in [0.25, 0.3) is 11.3 Å². The van der Waals surface area contributed by atoms with E-state index in [1.807, 2.05) is 6.92 Å². The second-order valence-electron chi connectivity index (χ2n) is 6.60. The van der Waals surface area contributed by atoms with Crippen LogP contribution in [0.5, 0.6) is 0 Å². The lowest BCUT2D eigenvalue weighted by Gasteiger charge is -2.21. The zero-order chi connectivity index (χ0) is 21.7. The fourth-order valence-electron chi connectivity index (χ4n) is 2.89. The van der Waals surface area contributed by atoms with Crippen molar-refractivity contribution < 1.29 is 31.4 Å². The Balaban J connectivity index is 2.36. The van der Waals surface area contributed by atoms with Crippen molar-refractivity contribution in [1.29, 1.82) is 0 Å². The van der Waals surface area contributed by atoms with E-state index in [0.29, 0.717) is 6.54 Å². The van der Waals surface area contributed by atoms with Gasteiger partial charge in [0.25, 0.3) is 0 Å². The van der Waals surface area contributed by atoms with Crippen molar-refractivity contribution in [3.05, 3.63) is 53.2 Å². The molecule has 0 aliphatic rings. The molecule has 2 rings (SSSR count). The fourth-order valence-corrected chi connectivity index (χ4v) is 2.89. The van der Waals surface area contributed by atoms with Crippen molar-refractivity contribution in [2.75, 3.05) is 13.2 Å². The fraction of sp³-hybridized carbons (Fsp3) is 0.450. The highest BCUT2D eigenvalue weighted by atomic mass is 19.4. The van der Waals surface area contributed by atoms with Gasteiger partial charge >= 0.3 is 12.4 Å². The number of benzene rings is 1. The Kier molecular flexibility index (Phi) is 7.65. The van der Waals surface area contributed by atoms with Crippen LogP contribution >= 0.6 is 0 Å². The van der Waals surface area contributed by atoms with Crippen LogP contribution in [0.1, 0.15) is 49.0 Å². The van der Waals surface area contributed by atoms with Gasteiger partial charge in [-0.3, -0.25) is 0 Å². The number of unbranched alkanes of at least 4 members (excludes halogenated alkanes) is 2. The van der Waals surface area contributed by atoms with Crippen molar-refractivity contribution in [2.45, 2.75) is 44.6 Å². The minimum absolute atomic E-state index is 0.0996. The maximum absolute atomic E-state index is 13.6. The molecule has 1 aromatic carbocycles. The first-order chi connectivity index (χ1) is 13.6. The highest BCUT2D eigenvalue weighted by Gasteiger charge is 2.37. The quantitative estimate of drug-likeness (QED) is 0.432. The van der Waals surface area contributed by atoms with Crippen LogP contribution < -0.4 is 5.32 Å². The first kappa shape index (κ1) is 23.2. The summed E-state index contributed by atoms with van der Waals surface area (Å²) in [4.78, 5) is 3.66. The predicted octanol–water partition coefficient (Wildman–Crippen LogP) is 5.60. The van der Waals surface area contributed by atoms with E-state index < -0.39 is 36.3 Å². The van der Waals surface area contributed by atoms with E-state index in [9.17, 15) is 31.4 Å². The lowest BCUT2D eigenvalue weighted by molar-refractivity contribution is -0.142. The summed E-state index contributed by atoms with van der Waals surface area (Å²) in [7, 11) is 0. The van der Waals surface area contributed by atoms with E-state index in [1.54, 1.807) is 0 Å². The van der Waals surface area contributed by atoms with Gasteiger partial charge in [0.15, 0.2) is 0 Å². The lowest BCUT2D eigenvalue weighted by Crippen LogP contribution is -2.28. The normalized spacial score (nSPS) is 13.5. The number of halogens is 6. The third-order valence-electron chi connectivity index (χ3n) is 4.43. The van der Waals surface area contributed by atoms with Crippen LogP contribution in [0.2, 0.25) is 0 Å². The van der Waals surface area contributed by atoms with Gasteiger partial charge in [-0.1, -0.05) is 38.0 Å². The molecule has 2 aromatic rings. The molecule has 1 heterocycles. The highest BCUT2D eigenvalue weighted by Crippen LogP contribution is 2.36. The number of rotatable bonds is 8. The van der Waals surface area contributed by atoms with Gasteiger partial charge in [0.1, 0.15) is 5.69 Å². The smallest absolute Gasteiger partial charge is 0.394 e. The van der Waals surface area contributed by atoms with E-state index in [1.165, 1.54) is 12.1 Å². The van der Waals surface area contributed by atoms with Crippen molar-refractivity contribution in [3.8, 4) is 11.3 Å². The van der Waals surface area contributed by atoms with Gasteiger partial charge in [-0.15, -0.1) is 0 Å². The summed E-state index contributed by atoms with van der Waals surface area (Å²) in [5, 5.41) is 12.5. The zero-order valence-corrected chi connectivity index (χ0v) is 15.7. The Labute approximate surface area is 164 Å². The van der Waals surface area contributed by atoms with Crippen molar-refractivity contribution in [3.63, 3.8) is 0 Å². The lowest BCUT2D eigenvalue weighted by atomic mass is 10.0. The minimum atomic E-state index is -4.78. The van der Waals surface area contributed by atoms with Crippen LogP contribution in [-0.4, -0.2) is 23.2 Å². The molecule has 0 saturated heterocycles. The average Bonchev–Trinajstić information content (AvgIpc) is 2.66. The molecule has 0 saturated carbocycles. The third-order valence-corrected chi connectivity index (χ3v) is 4.43. The third kappa shape index (κ3) is 6.17. The topological polar surface area (TPSA) is 45.1 Å². The molecule has 0 unspecified atom stereocenters. The Bertz CT molecular complexity index is 787. The van der Waals surface area contributed by atoms with Crippen LogP contribution in [0.15, 0.2) is 36.4 Å². The van der Waals surface area contributed by atoms with Gasteiger partial charge in [-0.05, 0) is 31.2 Å². The molecule has 2 N–H and O–H groups in total. The Morgan fingerprint density at radius 2 is 1.59 bits per heavy atom. The molecule has 29 heavy (non-hydrogen) atoms. The number of hydrogen-bond acceptors (Lipinski definition) is 3. The molecular formula is C20H22F6N2O. The minimum Gasteiger partial charge on any atom is -0.394 e. The average molecular weight is 420 g/mol. The van der Waals surface area contributed by atoms with Crippen molar-refractivity contribution in [1.82, 2.24) is 10.3 Å². The summed E-state index contributed by atoms with van der Waals surface area (Å²) in [6.45, 7) is 1.89. The Hall–Kier alpha value is -2.13. The molecule has 1 aromatic heterocycles. The Morgan fingerprint density at radius 3 is 2.10 bits per heavy atom. The molecule has 160 valence electrons. The zero-order valence-electron chi connectivity index (χ0n) is 15.7. The molecule has 0 spiro atoms. The molecule has 9 heteroatoms. The summed E-state index contributed by atoms with van der Waals surface area (Å²) in [5.74, 6) is 0. The second-order valence-corrected chi connectivity index (χ2v) is 6.60. The number of pyridine rings is 1. The SMILES string of the molecule is CCCCCN[C@@H](CO)c1ccc(-c2ccc(C(F)(F)F)cc2)nc1C(F)(F)F. The molecule has 3 nitrogen and oxygen atoms in total. The van der Waals surface area contributed by atoms with Crippen molar-refractivity contribution >= 4 is 0 Å². The standard InChI is InChI=1S/C20H22F6N2O/c1-2-3-4-11-27-17(12-29)15-9-10-16(28-18(15)20(24,25)26)13-5-7-14(8-6-13)19(21,22)23/h5-10,17,27,29H,2-4,11-12H2,1H3/t17-/m0/s1. The first-order valence-corrected chi connectivity index (χ1v) is 9.18. The maximum atomic E-state index is 13.6. The van der Waals surface area contributed by atoms with Gasteiger partial charge in [0.05, 0.1) is 23.9 Å². The first-order valence-electron chi connectivity index (χ1n) is 9.18. The molecule has 0 amide bonds. The van der Waals surface area contributed by atoms with E-state index >= 15 is 0 Å². The number of aliphatic hydroxyl groups excluding tert-OH is 1. The van der Waals surface area contributed by atoms with Gasteiger partial charge in [-0.2, -0.15) is 26.3 Å². The summed E-state index contributed by atoms with van der Waals surface area (Å²) < 4.78 is 78.8. The molecule has 0 aliphatic carbocycles. The number of hydrogen-bond donors (Lipinski definition) is 2. The van der Waals surface area contributed by atoms with Gasteiger partial charge in [-0.25, -0.2) is 4.98 Å². The van der Waals surface area contributed by atoms with Crippen molar-refractivity contribution in [2.24, 2.45) is 0 Å². The summed E-state index contributed by atoms with van der Waals surface area (Å²) in [6.07, 6.45) is -6.71. The van der Waals surface area contributed by atoms with Crippen LogP contribution in [0.4, 0.5) is 26.3 Å². The number of aromatic nitrogens is 1. The number of nitrogens with zero attached hydrogens (tertiary/aromatic N) is 1. The second kappa shape index (κ2) is 9.58. The number of alkyl halides is 6. The van der Waals surface area contributed by atoms with Crippen LogP contribution in [0, 0.1) is 0 Å². The van der Waals surface area contributed by atoms with Crippen LogP contribution in [-0.2, 0) is 12.4 Å². The summed E-state index contributed by atoms with van der Waals surface area (Å²) >= 11 is 0. The highest BCUT2D eigenvalue weighted by molar-refractivity contribution is 5.60. The molecular weight excluding hydrogens is 398 g/mol. The predicted molar refractivity (Wildman–Crippen MR) is 97.0 cm³/mol. The molecule has 0 fully saturated rings. The summed E-state index contributed by atoms with van der Waals surface area (Å²) in [6, 6.07) is 5.32. The van der Waals surface area contributed by atoms with E-state index in [0.717, 1.165) is 43.5 Å². The monoisotopic (exact) mass is 420 g/mol. The maximum Gasteiger partial charge on any atom is 0.433 e. The van der Waals surface area contributed by atoms with Gasteiger partial charge in [0, 0.05) is 11.1 Å². The summed E-state index contributed by atoms with van der Waals surface area (Å²) in [5.41, 5.74) is -2.24. The largest absolute Gasteiger partial charge is 0.433 e. The molecule has 0 aliphatic heterocycles. The molecule has 0 radical (unpaired) electrons. The van der Waals surface area contributed by atoms with E-state index in [4.69, 9.17) is 0 Å². The molecule has 0 bridgehead atoms. The van der Waals surface area contributed by atoms with E-state index in [2.05, 4.69) is 10.3 Å².